The van der Waals surface area contributed by atoms with Crippen molar-refractivity contribution < 1.29 is 0 Å². The van der Waals surface area contributed by atoms with Crippen LogP contribution >= 0.6 is 0 Å². The second kappa shape index (κ2) is 21.6. The molecule has 2 aliphatic carbocycles. The fraction of sp³-hybridized carbons (Fsp3) is 0.0886. The van der Waals surface area contributed by atoms with Gasteiger partial charge in [-0.15, -0.1) is 0 Å². The highest BCUT2D eigenvalue weighted by Gasteiger charge is 2.47. The lowest BCUT2D eigenvalue weighted by molar-refractivity contribution is 0.699. The Bertz CT molecular complexity index is 4010. The zero-order chi connectivity index (χ0) is 53.1. The second-order valence-corrected chi connectivity index (χ2v) is 21.5. The van der Waals surface area contributed by atoms with Gasteiger partial charge in [0.25, 0.3) is 0 Å². The molecule has 11 aromatic rings. The van der Waals surface area contributed by atoms with E-state index in [4.69, 9.17) is 6.58 Å². The first-order valence-electron chi connectivity index (χ1n) is 28.0. The van der Waals surface area contributed by atoms with Gasteiger partial charge in [-0.05, 0) is 161 Å². The zero-order valence-electron chi connectivity index (χ0n) is 44.8. The summed E-state index contributed by atoms with van der Waals surface area (Å²) in [5.41, 5.74) is 26.7. The first-order chi connectivity index (χ1) is 39.0. The largest absolute Gasteiger partial charge is 0.0905 e. The number of hydrogen-bond donors (Lipinski definition) is 0. The maximum Gasteiger partial charge on any atom is 0.0713 e. The van der Waals surface area contributed by atoms with E-state index < -0.39 is 5.41 Å². The molecule has 0 amide bonds. The van der Waals surface area contributed by atoms with Crippen LogP contribution in [0.2, 0.25) is 0 Å². The monoisotopic (exact) mass is 1010 g/mol. The Balaban J connectivity index is 0.840. The number of aryl methyl sites for hydroxylation is 2. The number of allylic oxidation sites excluding steroid dienone is 4. The van der Waals surface area contributed by atoms with Crippen molar-refractivity contribution in [3.05, 3.63) is 365 Å². The molecule has 0 fully saturated rings. The Morgan fingerprint density at radius 3 is 1.68 bits per heavy atom. The van der Waals surface area contributed by atoms with Crippen LogP contribution in [-0.2, 0) is 11.8 Å². The van der Waals surface area contributed by atoms with Gasteiger partial charge in [-0.1, -0.05) is 292 Å². The third-order valence-corrected chi connectivity index (χ3v) is 16.9. The summed E-state index contributed by atoms with van der Waals surface area (Å²) < 4.78 is 0. The highest BCUT2D eigenvalue weighted by Crippen LogP contribution is 2.58. The number of hydrogen-bond acceptors (Lipinski definition) is 0. The van der Waals surface area contributed by atoms with Crippen LogP contribution in [0.1, 0.15) is 80.3 Å². The molecule has 0 aromatic heterocycles. The van der Waals surface area contributed by atoms with E-state index in [1.54, 1.807) is 0 Å². The molecule has 0 radical (unpaired) electrons. The summed E-state index contributed by atoms with van der Waals surface area (Å²) in [6, 6.07) is 103. The number of rotatable bonds is 14. The average Bonchev–Trinajstić information content (AvgIpc) is 3.16. The molecule has 378 valence electrons. The van der Waals surface area contributed by atoms with Crippen LogP contribution < -0.4 is 0 Å². The molecule has 0 nitrogen and oxygen atoms in total. The Morgan fingerprint density at radius 2 is 1.00 bits per heavy atom. The molecule has 2 aliphatic rings. The fourth-order valence-corrected chi connectivity index (χ4v) is 13.0. The minimum atomic E-state index is -0.503. The van der Waals surface area contributed by atoms with E-state index >= 15 is 0 Å². The molecule has 13 rings (SSSR count). The van der Waals surface area contributed by atoms with Gasteiger partial charge in [-0.3, -0.25) is 0 Å². The van der Waals surface area contributed by atoms with Crippen molar-refractivity contribution in [2.45, 2.75) is 43.4 Å². The van der Waals surface area contributed by atoms with Crippen LogP contribution in [-0.4, -0.2) is 0 Å². The molecular formula is C79H62. The zero-order valence-corrected chi connectivity index (χ0v) is 44.8. The summed E-state index contributed by atoms with van der Waals surface area (Å²) in [5, 5.41) is 0. The van der Waals surface area contributed by atoms with Gasteiger partial charge < -0.3 is 0 Å². The summed E-state index contributed by atoms with van der Waals surface area (Å²) >= 11 is 0. The maximum atomic E-state index is 5.07. The maximum absolute atomic E-state index is 5.07. The lowest BCUT2D eigenvalue weighted by Gasteiger charge is -2.34. The van der Waals surface area contributed by atoms with Crippen LogP contribution in [0, 0.1) is 6.92 Å². The van der Waals surface area contributed by atoms with E-state index in [2.05, 4.69) is 304 Å². The Hall–Kier alpha value is -9.36. The van der Waals surface area contributed by atoms with Crippen molar-refractivity contribution in [1.82, 2.24) is 0 Å². The molecule has 79 heavy (non-hydrogen) atoms. The minimum absolute atomic E-state index is 0.276. The van der Waals surface area contributed by atoms with Gasteiger partial charge in [-0.25, -0.2) is 0 Å². The van der Waals surface area contributed by atoms with Crippen molar-refractivity contribution in [2.75, 3.05) is 0 Å². The van der Waals surface area contributed by atoms with E-state index in [-0.39, 0.29) is 5.92 Å². The van der Waals surface area contributed by atoms with Crippen molar-refractivity contribution in [2.24, 2.45) is 0 Å². The van der Waals surface area contributed by atoms with Gasteiger partial charge >= 0.3 is 0 Å². The predicted molar refractivity (Wildman–Crippen MR) is 333 cm³/mol. The fourth-order valence-electron chi connectivity index (χ4n) is 13.0. The van der Waals surface area contributed by atoms with Gasteiger partial charge in [0.1, 0.15) is 0 Å². The average molecular weight is 1010 g/mol. The lowest BCUT2D eigenvalue weighted by atomic mass is 9.67. The number of fused-ring (bicyclic) bond motifs is 3. The van der Waals surface area contributed by atoms with Crippen LogP contribution in [0.15, 0.2) is 309 Å². The molecule has 11 aromatic carbocycles. The molecule has 2 atom stereocenters. The molecule has 0 bridgehead atoms. The van der Waals surface area contributed by atoms with E-state index in [0.717, 1.165) is 41.5 Å². The Labute approximate surface area is 467 Å². The molecule has 0 saturated carbocycles. The first-order valence-corrected chi connectivity index (χ1v) is 28.0. The van der Waals surface area contributed by atoms with Crippen LogP contribution in [0.25, 0.3) is 61.2 Å². The second-order valence-electron chi connectivity index (χ2n) is 21.5. The first kappa shape index (κ1) is 49.2. The molecule has 2 unspecified atom stereocenters. The van der Waals surface area contributed by atoms with Gasteiger partial charge in [0.05, 0.1) is 5.41 Å². The Morgan fingerprint density at radius 1 is 0.456 bits per heavy atom. The number of benzene rings is 11. The lowest BCUT2D eigenvalue weighted by Crippen LogP contribution is -2.28. The van der Waals surface area contributed by atoms with E-state index in [9.17, 15) is 0 Å². The van der Waals surface area contributed by atoms with Crippen molar-refractivity contribution >= 4 is 5.57 Å². The summed E-state index contributed by atoms with van der Waals surface area (Å²) in [6.45, 7) is 7.28. The summed E-state index contributed by atoms with van der Waals surface area (Å²) in [7, 11) is 0. The van der Waals surface area contributed by atoms with Gasteiger partial charge in [-0.2, -0.15) is 0 Å². The van der Waals surface area contributed by atoms with E-state index in [1.807, 2.05) is 0 Å². The topological polar surface area (TPSA) is 0 Å². The highest BCUT2D eigenvalue weighted by atomic mass is 14.5. The van der Waals surface area contributed by atoms with Crippen molar-refractivity contribution in [1.29, 1.82) is 0 Å². The van der Waals surface area contributed by atoms with E-state index in [0.29, 0.717) is 5.92 Å². The molecule has 0 aliphatic heterocycles. The van der Waals surface area contributed by atoms with Gasteiger partial charge in [0.15, 0.2) is 0 Å². The molecule has 0 N–H and O–H groups in total. The van der Waals surface area contributed by atoms with Crippen LogP contribution in [0.4, 0.5) is 0 Å². The van der Waals surface area contributed by atoms with Crippen molar-refractivity contribution in [3.63, 3.8) is 0 Å². The molecule has 0 saturated heterocycles. The molecule has 0 spiro atoms. The third kappa shape index (κ3) is 9.34. The Kier molecular flexibility index (Phi) is 13.4. The normalized spacial score (nSPS) is 14.4. The standard InChI is InChI=1S/C79H62/c1-55-22-15-16-35-70(55)73-51-49-67(54-75(73)56(2)71-37-21-39-77-78(71)74-36-17-18-38-76(74)79(77,68-31-11-5-12-32-68)69-33-13-6-14-34-69)66-30-20-29-65(53-66)64-28-19-23-57(52-64)40-50-72(62-45-41-60(42-46-62)58-24-7-3-8-25-58)63-47-43-61(44-48-63)59-26-9-4-10-27-59/h3-39,41-43,45-49,51-54,61,72H,2,40,44,50H2,1H3. The molecular weight excluding hydrogens is 949 g/mol. The summed E-state index contributed by atoms with van der Waals surface area (Å²) in [6.07, 6.45) is 10.3. The predicted octanol–water partition coefficient (Wildman–Crippen LogP) is 20.5. The van der Waals surface area contributed by atoms with Gasteiger partial charge in [0, 0.05) is 11.8 Å². The minimum Gasteiger partial charge on any atom is -0.0905 e. The summed E-state index contributed by atoms with van der Waals surface area (Å²) in [5.74, 6) is 0.678. The van der Waals surface area contributed by atoms with Gasteiger partial charge in [0.2, 0.25) is 0 Å². The quantitative estimate of drug-likeness (QED) is 0.102. The highest BCUT2D eigenvalue weighted by molar-refractivity contribution is 5.99. The van der Waals surface area contributed by atoms with Crippen molar-refractivity contribution in [3.8, 4) is 55.6 Å². The third-order valence-electron chi connectivity index (χ3n) is 16.9. The van der Waals surface area contributed by atoms with Crippen LogP contribution in [0.5, 0.6) is 0 Å². The van der Waals surface area contributed by atoms with Crippen LogP contribution in [0.3, 0.4) is 0 Å². The SMILES string of the molecule is C=C(c1cc(-c2cccc(-c3cccc(CCC(C4=CCC(c5ccccc5)C=C4)c4ccc(-c5ccccc5)cc4)c3)c2)ccc1-c1ccccc1C)c1cccc2c1-c1ccccc1C2(c1ccccc1)c1ccccc1. The molecule has 0 heteroatoms. The molecule has 0 heterocycles. The summed E-state index contributed by atoms with van der Waals surface area (Å²) in [4.78, 5) is 0. The van der Waals surface area contributed by atoms with E-state index in [1.165, 1.54) is 100 Å². The smallest absolute Gasteiger partial charge is 0.0713 e.